The van der Waals surface area contributed by atoms with Crippen molar-refractivity contribution in [3.8, 4) is 0 Å². The molecule has 1 fully saturated rings. The van der Waals surface area contributed by atoms with Crippen LogP contribution < -0.4 is 5.32 Å². The fourth-order valence-electron chi connectivity index (χ4n) is 3.25. The number of sulfonamides is 1. The third-order valence-electron chi connectivity index (χ3n) is 4.51. The Morgan fingerprint density at radius 1 is 1.33 bits per heavy atom. The number of benzene rings is 1. The second-order valence-corrected chi connectivity index (χ2v) is 7.92. The summed E-state index contributed by atoms with van der Waals surface area (Å²) in [5, 5.41) is 2.88. The van der Waals surface area contributed by atoms with Gasteiger partial charge in [-0.1, -0.05) is 31.5 Å². The smallest absolute Gasteiger partial charge is 0.236 e. The Morgan fingerprint density at radius 2 is 2.10 bits per heavy atom. The Bertz CT molecular complexity index is 671. The van der Waals surface area contributed by atoms with Crippen LogP contribution in [0.1, 0.15) is 31.7 Å². The lowest BCUT2D eigenvalue weighted by atomic mass is 9.81. The molecular formula is C15H20N2O3S. The Hall–Kier alpha value is -1.40. The lowest BCUT2D eigenvalue weighted by molar-refractivity contribution is -0.120. The molecule has 6 heteroatoms. The fraction of sp³-hybridized carbons (Fsp3) is 0.533. The molecule has 5 nitrogen and oxygen atoms in total. The van der Waals surface area contributed by atoms with E-state index in [0.717, 1.165) is 17.7 Å². The molecule has 0 saturated carbocycles. The molecule has 0 aliphatic carbocycles. The molecular weight excluding hydrogens is 288 g/mol. The second-order valence-electron chi connectivity index (χ2n) is 5.83. The van der Waals surface area contributed by atoms with Crippen LogP contribution in [0.2, 0.25) is 0 Å². The maximum absolute atomic E-state index is 12.4. The van der Waals surface area contributed by atoms with E-state index < -0.39 is 15.4 Å². The number of hydrogen-bond acceptors (Lipinski definition) is 3. The van der Waals surface area contributed by atoms with E-state index in [-0.39, 0.29) is 18.2 Å². The molecule has 1 aromatic carbocycles. The summed E-state index contributed by atoms with van der Waals surface area (Å²) in [5.41, 5.74) is 1.05. The standard InChI is InChI=1S/C15H20N2O3S/c1-2-3-10-21(19,20)17-9-8-15(11-17)12-6-4-5-7-13(12)16-14(15)18/h4-7H,2-3,8-11H2,1H3,(H,16,18). The molecule has 21 heavy (non-hydrogen) atoms. The number of nitrogens with one attached hydrogen (secondary N) is 1. The molecule has 1 saturated heterocycles. The molecule has 1 amide bonds. The minimum absolute atomic E-state index is 0.0723. The van der Waals surface area contributed by atoms with Crippen molar-refractivity contribution in [3.63, 3.8) is 0 Å². The van der Waals surface area contributed by atoms with Crippen molar-refractivity contribution in [2.24, 2.45) is 0 Å². The third-order valence-corrected chi connectivity index (χ3v) is 6.41. The van der Waals surface area contributed by atoms with E-state index in [2.05, 4.69) is 5.32 Å². The first-order chi connectivity index (χ1) is 9.99. The zero-order valence-electron chi connectivity index (χ0n) is 12.1. The highest BCUT2D eigenvalue weighted by Gasteiger charge is 2.52. The zero-order chi connectivity index (χ0) is 15.1. The van der Waals surface area contributed by atoms with Crippen LogP contribution in [0.5, 0.6) is 0 Å². The number of fused-ring (bicyclic) bond motifs is 2. The summed E-state index contributed by atoms with van der Waals surface area (Å²) in [5.74, 6) is 0.0972. The van der Waals surface area contributed by atoms with Gasteiger partial charge in [-0.3, -0.25) is 4.79 Å². The molecule has 1 N–H and O–H groups in total. The van der Waals surface area contributed by atoms with Crippen LogP contribution in [0.4, 0.5) is 5.69 Å². The summed E-state index contributed by atoms with van der Waals surface area (Å²) in [6, 6.07) is 7.57. The van der Waals surface area contributed by atoms with E-state index in [4.69, 9.17) is 0 Å². The van der Waals surface area contributed by atoms with Crippen LogP contribution >= 0.6 is 0 Å². The highest BCUT2D eigenvalue weighted by Crippen LogP contribution is 2.44. The van der Waals surface area contributed by atoms with Gasteiger partial charge in [0.25, 0.3) is 0 Å². The Kier molecular flexibility index (Phi) is 3.53. The van der Waals surface area contributed by atoms with Gasteiger partial charge in [0.15, 0.2) is 0 Å². The summed E-state index contributed by atoms with van der Waals surface area (Å²) in [7, 11) is -3.26. The predicted molar refractivity (Wildman–Crippen MR) is 81.6 cm³/mol. The Labute approximate surface area is 125 Å². The number of hydrogen-bond donors (Lipinski definition) is 1. The lowest BCUT2D eigenvalue weighted by Crippen LogP contribution is -2.39. The van der Waals surface area contributed by atoms with Crippen molar-refractivity contribution in [2.45, 2.75) is 31.6 Å². The van der Waals surface area contributed by atoms with Gasteiger partial charge in [-0.25, -0.2) is 12.7 Å². The van der Waals surface area contributed by atoms with Crippen LogP contribution in [0.3, 0.4) is 0 Å². The lowest BCUT2D eigenvalue weighted by Gasteiger charge is -2.22. The van der Waals surface area contributed by atoms with Gasteiger partial charge >= 0.3 is 0 Å². The molecule has 0 radical (unpaired) electrons. The third kappa shape index (κ3) is 2.26. The minimum Gasteiger partial charge on any atom is -0.325 e. The SMILES string of the molecule is CCCCS(=O)(=O)N1CCC2(C1)C(=O)Nc1ccccc12. The first-order valence-electron chi connectivity index (χ1n) is 7.38. The van der Waals surface area contributed by atoms with Gasteiger partial charge < -0.3 is 5.32 Å². The van der Waals surface area contributed by atoms with Gasteiger partial charge in [0, 0.05) is 18.8 Å². The minimum atomic E-state index is -3.26. The van der Waals surface area contributed by atoms with E-state index in [0.29, 0.717) is 19.4 Å². The molecule has 1 spiro atoms. The van der Waals surface area contributed by atoms with E-state index in [9.17, 15) is 13.2 Å². The van der Waals surface area contributed by atoms with E-state index in [1.807, 2.05) is 31.2 Å². The van der Waals surface area contributed by atoms with Gasteiger partial charge in [-0.2, -0.15) is 0 Å². The van der Waals surface area contributed by atoms with Gasteiger partial charge in [-0.15, -0.1) is 0 Å². The quantitative estimate of drug-likeness (QED) is 0.921. The van der Waals surface area contributed by atoms with Crippen molar-refractivity contribution < 1.29 is 13.2 Å². The van der Waals surface area contributed by atoms with Crippen molar-refractivity contribution in [3.05, 3.63) is 29.8 Å². The van der Waals surface area contributed by atoms with Gasteiger partial charge in [0.1, 0.15) is 0 Å². The summed E-state index contributed by atoms with van der Waals surface area (Å²) >= 11 is 0. The maximum atomic E-state index is 12.4. The first kappa shape index (κ1) is 14.5. The van der Waals surface area contributed by atoms with Gasteiger partial charge in [-0.05, 0) is 24.5 Å². The van der Waals surface area contributed by atoms with Crippen LogP contribution in [-0.4, -0.2) is 37.5 Å². The van der Waals surface area contributed by atoms with E-state index in [1.54, 1.807) is 0 Å². The molecule has 2 heterocycles. The van der Waals surface area contributed by atoms with E-state index >= 15 is 0 Å². The normalized spacial score (nSPS) is 25.3. The number of carbonyl (C=O) groups is 1. The van der Waals surface area contributed by atoms with Crippen molar-refractivity contribution >= 4 is 21.6 Å². The summed E-state index contributed by atoms with van der Waals surface area (Å²) < 4.78 is 26.2. The van der Waals surface area contributed by atoms with Crippen LogP contribution in [0.25, 0.3) is 0 Å². The average Bonchev–Trinajstić information content (AvgIpc) is 3.03. The van der Waals surface area contributed by atoms with Gasteiger partial charge in [0.05, 0.1) is 11.2 Å². The molecule has 1 unspecified atom stereocenters. The fourth-order valence-corrected chi connectivity index (χ4v) is 4.95. The maximum Gasteiger partial charge on any atom is 0.236 e. The van der Waals surface area contributed by atoms with Crippen LogP contribution in [0, 0.1) is 0 Å². The second kappa shape index (κ2) is 5.10. The molecule has 0 bridgehead atoms. The number of rotatable bonds is 4. The average molecular weight is 308 g/mol. The Morgan fingerprint density at radius 3 is 2.86 bits per heavy atom. The van der Waals surface area contributed by atoms with Gasteiger partial charge in [0.2, 0.25) is 15.9 Å². The van der Waals surface area contributed by atoms with Crippen LogP contribution in [0.15, 0.2) is 24.3 Å². The summed E-state index contributed by atoms with van der Waals surface area (Å²) in [4.78, 5) is 12.4. The number of amides is 1. The number of para-hydroxylation sites is 1. The summed E-state index contributed by atoms with van der Waals surface area (Å²) in [6.45, 7) is 2.66. The molecule has 0 aromatic heterocycles. The summed E-state index contributed by atoms with van der Waals surface area (Å²) in [6.07, 6.45) is 2.07. The molecule has 1 atom stereocenters. The van der Waals surface area contributed by atoms with Crippen molar-refractivity contribution in [1.82, 2.24) is 4.31 Å². The monoisotopic (exact) mass is 308 g/mol. The topological polar surface area (TPSA) is 66.5 Å². The first-order valence-corrected chi connectivity index (χ1v) is 8.99. The number of carbonyl (C=O) groups excluding carboxylic acids is 1. The number of anilines is 1. The molecule has 1 aromatic rings. The van der Waals surface area contributed by atoms with Crippen molar-refractivity contribution in [1.29, 1.82) is 0 Å². The largest absolute Gasteiger partial charge is 0.325 e. The number of unbranched alkanes of at least 4 members (excludes halogenated alkanes) is 1. The Balaban J connectivity index is 1.89. The molecule has 2 aliphatic rings. The molecule has 3 rings (SSSR count). The number of nitrogens with zero attached hydrogens (tertiary/aromatic N) is 1. The zero-order valence-corrected chi connectivity index (χ0v) is 12.9. The van der Waals surface area contributed by atoms with E-state index in [1.165, 1.54) is 4.31 Å². The van der Waals surface area contributed by atoms with Crippen LogP contribution in [-0.2, 0) is 20.2 Å². The molecule has 2 aliphatic heterocycles. The highest BCUT2D eigenvalue weighted by molar-refractivity contribution is 7.89. The molecule has 114 valence electrons. The predicted octanol–water partition coefficient (Wildman–Crippen LogP) is 1.71. The van der Waals surface area contributed by atoms with Crippen molar-refractivity contribution in [2.75, 3.05) is 24.2 Å². The highest BCUT2D eigenvalue weighted by atomic mass is 32.2.